The van der Waals surface area contributed by atoms with E-state index in [-0.39, 0.29) is 10.9 Å². The van der Waals surface area contributed by atoms with Crippen LogP contribution in [0.15, 0.2) is 22.7 Å². The first-order valence-electron chi connectivity index (χ1n) is 6.21. The van der Waals surface area contributed by atoms with Gasteiger partial charge in [0.15, 0.2) is 0 Å². The van der Waals surface area contributed by atoms with Crippen molar-refractivity contribution in [3.63, 3.8) is 0 Å². The molecule has 0 saturated carbocycles. The van der Waals surface area contributed by atoms with Gasteiger partial charge >= 0.3 is 0 Å². The molecule has 0 radical (unpaired) electrons. The van der Waals surface area contributed by atoms with Crippen molar-refractivity contribution in [3.05, 3.63) is 50.5 Å². The summed E-state index contributed by atoms with van der Waals surface area (Å²) < 4.78 is 13.6. The molecule has 2 aromatic rings. The Hall–Kier alpha value is -1.53. The zero-order valence-corrected chi connectivity index (χ0v) is 13.7. The van der Waals surface area contributed by atoms with E-state index in [0.717, 1.165) is 6.07 Å². The fourth-order valence-electron chi connectivity index (χ4n) is 1.81. The number of hydrogen-bond donors (Lipinski definition) is 1. The number of benzene rings is 1. The molecule has 0 spiro atoms. The van der Waals surface area contributed by atoms with E-state index in [4.69, 9.17) is 11.6 Å². The standard InChI is InChI=1S/C14H12BrClFN3O/c1-3-12-9(4-7(2)19-20-12)14(21)18-13-10(15)5-8(17)6-11(13)16/h4-6H,3H2,1-2H3,(H,18,21). The highest BCUT2D eigenvalue weighted by Gasteiger charge is 2.16. The molecule has 110 valence electrons. The van der Waals surface area contributed by atoms with E-state index in [0.29, 0.717) is 33.5 Å². The van der Waals surface area contributed by atoms with Gasteiger partial charge in [-0.25, -0.2) is 4.39 Å². The minimum atomic E-state index is -0.486. The van der Waals surface area contributed by atoms with Crippen molar-refractivity contribution in [1.29, 1.82) is 0 Å². The molecule has 0 saturated heterocycles. The van der Waals surface area contributed by atoms with Crippen LogP contribution in [0.1, 0.15) is 28.7 Å². The predicted molar refractivity (Wildman–Crippen MR) is 83.2 cm³/mol. The van der Waals surface area contributed by atoms with Crippen molar-refractivity contribution in [1.82, 2.24) is 10.2 Å². The zero-order chi connectivity index (χ0) is 15.6. The summed E-state index contributed by atoms with van der Waals surface area (Å²) in [5.74, 6) is -0.848. The van der Waals surface area contributed by atoms with Gasteiger partial charge in [-0.1, -0.05) is 18.5 Å². The summed E-state index contributed by atoms with van der Waals surface area (Å²) in [5.41, 5.74) is 1.98. The van der Waals surface area contributed by atoms with Crippen molar-refractivity contribution < 1.29 is 9.18 Å². The minimum absolute atomic E-state index is 0.118. The Balaban J connectivity index is 2.37. The molecule has 1 amide bonds. The largest absolute Gasteiger partial charge is 0.320 e. The van der Waals surface area contributed by atoms with Crippen LogP contribution in [0.2, 0.25) is 5.02 Å². The summed E-state index contributed by atoms with van der Waals surface area (Å²) in [7, 11) is 0. The molecule has 0 aliphatic heterocycles. The summed E-state index contributed by atoms with van der Waals surface area (Å²) in [6.45, 7) is 3.64. The van der Waals surface area contributed by atoms with Gasteiger partial charge in [-0.2, -0.15) is 10.2 Å². The molecule has 2 rings (SSSR count). The van der Waals surface area contributed by atoms with Crippen LogP contribution in [0.25, 0.3) is 0 Å². The maximum absolute atomic E-state index is 13.2. The molecule has 0 fully saturated rings. The number of carbonyl (C=O) groups excluding carboxylic acids is 1. The first-order valence-corrected chi connectivity index (χ1v) is 7.38. The smallest absolute Gasteiger partial charge is 0.257 e. The zero-order valence-electron chi connectivity index (χ0n) is 11.4. The molecule has 4 nitrogen and oxygen atoms in total. The predicted octanol–water partition coefficient (Wildman–Crippen LogP) is 4.15. The normalized spacial score (nSPS) is 10.5. The summed E-state index contributed by atoms with van der Waals surface area (Å²) in [4.78, 5) is 12.4. The van der Waals surface area contributed by atoms with Crippen LogP contribution in [-0.2, 0) is 6.42 Å². The van der Waals surface area contributed by atoms with Crippen LogP contribution >= 0.6 is 27.5 Å². The second kappa shape index (κ2) is 6.49. The maximum Gasteiger partial charge on any atom is 0.257 e. The number of aryl methyl sites for hydroxylation is 2. The first kappa shape index (κ1) is 15.9. The van der Waals surface area contributed by atoms with Crippen LogP contribution in [0.5, 0.6) is 0 Å². The molecule has 0 aliphatic rings. The third-order valence-electron chi connectivity index (χ3n) is 2.82. The third-order valence-corrected chi connectivity index (χ3v) is 3.74. The van der Waals surface area contributed by atoms with Gasteiger partial charge < -0.3 is 5.32 Å². The lowest BCUT2D eigenvalue weighted by Crippen LogP contribution is -2.16. The Morgan fingerprint density at radius 1 is 1.38 bits per heavy atom. The number of rotatable bonds is 3. The molecular formula is C14H12BrClFN3O. The van der Waals surface area contributed by atoms with Crippen molar-refractivity contribution in [2.24, 2.45) is 0 Å². The number of amides is 1. The minimum Gasteiger partial charge on any atom is -0.320 e. The highest BCUT2D eigenvalue weighted by atomic mass is 79.9. The second-order valence-electron chi connectivity index (χ2n) is 4.40. The topological polar surface area (TPSA) is 54.9 Å². The number of hydrogen-bond acceptors (Lipinski definition) is 3. The van der Waals surface area contributed by atoms with Gasteiger partial charge in [0, 0.05) is 4.47 Å². The van der Waals surface area contributed by atoms with Crippen LogP contribution in [-0.4, -0.2) is 16.1 Å². The highest BCUT2D eigenvalue weighted by Crippen LogP contribution is 2.32. The van der Waals surface area contributed by atoms with E-state index in [9.17, 15) is 9.18 Å². The Labute approximate surface area is 134 Å². The van der Waals surface area contributed by atoms with Crippen LogP contribution < -0.4 is 5.32 Å². The fourth-order valence-corrected chi connectivity index (χ4v) is 2.71. The van der Waals surface area contributed by atoms with Crippen molar-refractivity contribution in [2.75, 3.05) is 5.32 Å². The molecule has 7 heteroatoms. The van der Waals surface area contributed by atoms with Crippen molar-refractivity contribution >= 4 is 39.1 Å². The quantitative estimate of drug-likeness (QED) is 0.880. The number of halogens is 3. The van der Waals surface area contributed by atoms with E-state index in [1.54, 1.807) is 13.0 Å². The Morgan fingerprint density at radius 2 is 2.10 bits per heavy atom. The summed E-state index contributed by atoms with van der Waals surface area (Å²) in [5, 5.41) is 10.7. The third kappa shape index (κ3) is 3.57. The molecule has 0 aliphatic carbocycles. The van der Waals surface area contributed by atoms with Crippen molar-refractivity contribution in [3.8, 4) is 0 Å². The van der Waals surface area contributed by atoms with E-state index in [1.807, 2.05) is 6.92 Å². The van der Waals surface area contributed by atoms with E-state index in [2.05, 4.69) is 31.4 Å². The van der Waals surface area contributed by atoms with Crippen molar-refractivity contribution in [2.45, 2.75) is 20.3 Å². The second-order valence-corrected chi connectivity index (χ2v) is 5.66. The summed E-state index contributed by atoms with van der Waals surface area (Å²) >= 11 is 9.14. The number of nitrogens with one attached hydrogen (secondary N) is 1. The van der Waals surface area contributed by atoms with E-state index < -0.39 is 5.82 Å². The number of aromatic nitrogens is 2. The average molecular weight is 373 g/mol. The van der Waals surface area contributed by atoms with Gasteiger partial charge in [-0.05, 0) is 47.5 Å². The molecule has 0 unspecified atom stereocenters. The molecule has 1 aromatic carbocycles. The molecule has 0 bridgehead atoms. The lowest BCUT2D eigenvalue weighted by Gasteiger charge is -2.11. The first-order chi connectivity index (χ1) is 9.92. The van der Waals surface area contributed by atoms with E-state index in [1.165, 1.54) is 6.07 Å². The molecule has 0 atom stereocenters. The number of nitrogens with zero attached hydrogens (tertiary/aromatic N) is 2. The van der Waals surface area contributed by atoms with Gasteiger partial charge in [0.25, 0.3) is 5.91 Å². The number of carbonyl (C=O) groups is 1. The van der Waals surface area contributed by atoms with Gasteiger partial charge in [-0.3, -0.25) is 4.79 Å². The Morgan fingerprint density at radius 3 is 2.71 bits per heavy atom. The number of anilines is 1. The van der Waals surface area contributed by atoms with Crippen LogP contribution in [0.4, 0.5) is 10.1 Å². The molecule has 21 heavy (non-hydrogen) atoms. The lowest BCUT2D eigenvalue weighted by atomic mass is 10.1. The fraction of sp³-hybridized carbons (Fsp3) is 0.214. The van der Waals surface area contributed by atoms with Gasteiger partial charge in [0.1, 0.15) is 5.82 Å². The summed E-state index contributed by atoms with van der Waals surface area (Å²) in [6.07, 6.45) is 0.578. The molecule has 1 aromatic heterocycles. The van der Waals surface area contributed by atoms with Gasteiger partial charge in [0.05, 0.1) is 27.7 Å². The molecule has 1 N–H and O–H groups in total. The molecular weight excluding hydrogens is 361 g/mol. The molecule has 1 heterocycles. The SMILES string of the molecule is CCc1nnc(C)cc1C(=O)Nc1c(Cl)cc(F)cc1Br. The van der Waals surface area contributed by atoms with Crippen LogP contribution in [0, 0.1) is 12.7 Å². The van der Waals surface area contributed by atoms with E-state index >= 15 is 0 Å². The maximum atomic E-state index is 13.2. The monoisotopic (exact) mass is 371 g/mol. The Bertz CT molecular complexity index is 686. The Kier molecular flexibility index (Phi) is 4.90. The summed E-state index contributed by atoms with van der Waals surface area (Å²) in [6, 6.07) is 4.03. The lowest BCUT2D eigenvalue weighted by molar-refractivity contribution is 0.102. The van der Waals surface area contributed by atoms with Gasteiger partial charge in [0.2, 0.25) is 0 Å². The average Bonchev–Trinajstić information content (AvgIpc) is 2.42. The highest BCUT2D eigenvalue weighted by molar-refractivity contribution is 9.10. The van der Waals surface area contributed by atoms with Crippen LogP contribution in [0.3, 0.4) is 0 Å². The van der Waals surface area contributed by atoms with Gasteiger partial charge in [-0.15, -0.1) is 0 Å².